The Morgan fingerprint density at radius 2 is 1.13 bits per heavy atom. The second-order valence-electron chi connectivity index (χ2n) is 17.3. The zero-order chi connectivity index (χ0) is 57.3. The molecule has 0 saturated carbocycles. The van der Waals surface area contributed by atoms with E-state index in [1.807, 2.05) is 49.5 Å². The van der Waals surface area contributed by atoms with E-state index in [1.54, 1.807) is 54.7 Å². The molecule has 20 nitrogen and oxygen atoms in total. The average Bonchev–Trinajstić information content (AvgIpc) is 3.67. The van der Waals surface area contributed by atoms with Crippen LogP contribution < -0.4 is 11.4 Å². The molecule has 0 amide bonds. The molecule has 432 valence electrons. The highest BCUT2D eigenvalue weighted by Crippen LogP contribution is 2.60. The summed E-state index contributed by atoms with van der Waals surface area (Å²) >= 11 is 0. The largest absolute Gasteiger partial charge is 0.481 e. The molecule has 0 radical (unpaired) electrons. The van der Waals surface area contributed by atoms with Gasteiger partial charge in [-0.25, -0.2) is 13.9 Å². The van der Waals surface area contributed by atoms with Crippen molar-refractivity contribution in [3.63, 3.8) is 0 Å². The molecule has 8 N–H and O–H groups in total. The molecular weight excluding hydrogens is 1050 g/mol. The summed E-state index contributed by atoms with van der Waals surface area (Å²) in [7, 11) is -11.0. The van der Waals surface area contributed by atoms with Gasteiger partial charge in [0.25, 0.3) is 0 Å². The number of nitrogens with two attached hydrogens (primary N) is 1. The molecule has 78 heavy (non-hydrogen) atoms. The predicted octanol–water partition coefficient (Wildman–Crippen LogP) is 9.05. The molecule has 0 aromatic carbocycles. The topological polar surface area (TPSA) is 306 Å². The minimum atomic E-state index is -5.50. The maximum Gasteiger partial charge on any atom is 0.481 e. The fraction of sp³-hybridized carbons (Fsp3) is 0.464. The van der Waals surface area contributed by atoms with Crippen molar-refractivity contribution >= 4 is 33.4 Å². The lowest BCUT2D eigenvalue weighted by atomic mass is 10.1. The second kappa shape index (κ2) is 41.6. The molecule has 1 aliphatic heterocycles. The minimum Gasteiger partial charge on any atom is -0.462 e. The van der Waals surface area contributed by atoms with Crippen molar-refractivity contribution in [3.8, 4) is 0 Å². The van der Waals surface area contributed by atoms with Crippen LogP contribution in [0.3, 0.4) is 0 Å². The van der Waals surface area contributed by atoms with E-state index >= 15 is 0 Å². The summed E-state index contributed by atoms with van der Waals surface area (Å²) < 4.78 is 56.5. The van der Waals surface area contributed by atoms with Crippen molar-refractivity contribution in [1.82, 2.24) is 9.55 Å². The normalized spacial score (nSPS) is 20.5. The smallest absolute Gasteiger partial charge is 0.462 e. The Morgan fingerprint density at radius 3 is 1.65 bits per heavy atom. The summed E-state index contributed by atoms with van der Waals surface area (Å²) in [5.74, 6) is -1.60. The summed E-state index contributed by atoms with van der Waals surface area (Å²) in [5.41, 5.74) is 4.56. The van der Waals surface area contributed by atoms with E-state index in [0.29, 0.717) is 32.1 Å². The molecule has 2 unspecified atom stereocenters. The van der Waals surface area contributed by atoms with Crippen molar-refractivity contribution < 1.29 is 76.5 Å². The van der Waals surface area contributed by atoms with Gasteiger partial charge in [0.15, 0.2) is 12.3 Å². The Hall–Kier alpha value is -5.44. The zero-order valence-corrected chi connectivity index (χ0v) is 46.4. The van der Waals surface area contributed by atoms with Gasteiger partial charge in [0.05, 0.1) is 25.4 Å². The number of phosphoric ester groups is 2. The number of carbonyl (C=O) groups excluding carboxylic acids is 2. The Bertz CT molecular complexity index is 2420. The van der Waals surface area contributed by atoms with Gasteiger partial charge in [0, 0.05) is 19.0 Å². The summed E-state index contributed by atoms with van der Waals surface area (Å²) in [4.78, 5) is 61.9. The zero-order valence-electron chi connectivity index (χ0n) is 44.6. The molecule has 0 spiro atoms. The molecule has 1 aliphatic rings. The number of rotatable bonds is 40. The number of aromatic nitrogens is 2. The number of ether oxygens (including phenoxy) is 3. The van der Waals surface area contributed by atoms with E-state index in [-0.39, 0.29) is 25.1 Å². The Labute approximate surface area is 458 Å². The van der Waals surface area contributed by atoms with E-state index in [2.05, 4.69) is 64.8 Å². The lowest BCUT2D eigenvalue weighted by Crippen LogP contribution is -2.36. The minimum absolute atomic E-state index is 0.0462. The highest BCUT2D eigenvalue weighted by molar-refractivity contribution is 7.61. The number of allylic oxidation sites excluding steroid dienone is 20. The van der Waals surface area contributed by atoms with Crippen LogP contribution in [0.5, 0.6) is 0 Å². The number of hydrogen-bond acceptors (Lipinski definition) is 17. The van der Waals surface area contributed by atoms with E-state index in [1.165, 1.54) is 6.07 Å². The summed E-state index contributed by atoms with van der Waals surface area (Å²) in [6.45, 7) is 1.59. The number of carbonyl (C=O) groups is 2. The first kappa shape index (κ1) is 68.7. The summed E-state index contributed by atoms with van der Waals surface area (Å²) in [5, 5.41) is 41.0. The van der Waals surface area contributed by atoms with Crippen molar-refractivity contribution in [1.29, 1.82) is 0 Å². The number of nitrogen functional groups attached to an aromatic ring is 1. The first-order valence-corrected chi connectivity index (χ1v) is 29.1. The van der Waals surface area contributed by atoms with Gasteiger partial charge in [0.2, 0.25) is 0 Å². The Balaban J connectivity index is 1.89. The number of aliphatic hydroxyl groups excluding tert-OH is 4. The van der Waals surface area contributed by atoms with Gasteiger partial charge in [-0.05, 0) is 83.1 Å². The van der Waals surface area contributed by atoms with Gasteiger partial charge in [-0.2, -0.15) is 9.29 Å². The van der Waals surface area contributed by atoms with Gasteiger partial charge >= 0.3 is 33.3 Å². The highest BCUT2D eigenvalue weighted by Gasteiger charge is 2.46. The number of esters is 2. The monoisotopic (exact) mass is 1130 g/mol. The Morgan fingerprint density at radius 1 is 0.667 bits per heavy atom. The molecule has 9 atom stereocenters. The van der Waals surface area contributed by atoms with Crippen LogP contribution in [0.15, 0.2) is 163 Å². The molecule has 0 bridgehead atoms. The fourth-order valence-electron chi connectivity index (χ4n) is 6.60. The second-order valence-corrected chi connectivity index (χ2v) is 20.3. The molecule has 1 aromatic heterocycles. The number of phosphoric acid groups is 2. The van der Waals surface area contributed by atoms with Crippen molar-refractivity contribution in [2.75, 3.05) is 25.6 Å². The van der Waals surface area contributed by atoms with Crippen LogP contribution in [0.2, 0.25) is 0 Å². The average molecular weight is 1130 g/mol. The highest BCUT2D eigenvalue weighted by atomic mass is 31.3. The van der Waals surface area contributed by atoms with E-state index in [4.69, 9.17) is 29.0 Å². The maximum absolute atomic E-state index is 12.9. The number of aliphatic hydroxyl groups is 4. The number of nitrogens with zero attached hydrogens (tertiary/aromatic N) is 2. The summed E-state index contributed by atoms with van der Waals surface area (Å²) in [6.07, 6.45) is 45.8. The van der Waals surface area contributed by atoms with Crippen molar-refractivity contribution in [2.45, 2.75) is 147 Å². The molecule has 1 aromatic rings. The molecular formula is C56H81N3O17P2. The number of hydrogen-bond donors (Lipinski definition) is 7. The van der Waals surface area contributed by atoms with Gasteiger partial charge in [0.1, 0.15) is 30.7 Å². The SMILES string of the molecule is CC/C=C\C/C=C\C/C=C\C/C=C\C/C=C\C/C=C\CCC(=O)OC[C@H](COP(=O)(O)OP(=O)(O)OC[C@H]1O[C@@H](n2ccc(N)nc2=O)[C@H](O)[C@@H]1O)OC(=O)CC/C=C\C/C=C\C[C@@H](O)/C=C/C=C\C=C\[C@@H](O)C/C=C\CC. The molecule has 2 rings (SSSR count). The van der Waals surface area contributed by atoms with Crippen LogP contribution in [0.25, 0.3) is 0 Å². The first-order valence-electron chi connectivity index (χ1n) is 26.1. The molecule has 22 heteroatoms. The van der Waals surface area contributed by atoms with Gasteiger partial charge in [-0.3, -0.25) is 23.2 Å². The first-order chi connectivity index (χ1) is 37.5. The van der Waals surface area contributed by atoms with Gasteiger partial charge < -0.3 is 50.2 Å². The lowest BCUT2D eigenvalue weighted by Gasteiger charge is -2.21. The lowest BCUT2D eigenvalue weighted by molar-refractivity contribution is -0.161. The fourth-order valence-corrected chi connectivity index (χ4v) is 8.71. The molecule has 0 aliphatic carbocycles. The third-order valence-corrected chi connectivity index (χ3v) is 13.2. The van der Waals surface area contributed by atoms with Crippen LogP contribution in [0.4, 0.5) is 5.82 Å². The molecule has 1 fully saturated rings. The van der Waals surface area contributed by atoms with E-state index in [9.17, 15) is 53.7 Å². The standard InChI is InChI=1S/C56H81N3O17P2/c1-3-5-7-8-9-10-11-12-13-14-15-16-17-18-19-20-21-25-33-39-51(62)71-43-48(74-52(63)40-34-26-23-22-24-30-36-47(61)38-32-28-27-31-37-46(60)35-29-6-4-2)44-72-77(67,68)76-78(69,70)73-45-49-53(64)54(65)55(75-49)59-42-41-50(57)58-56(59)66/h5-7,9-10,12-13,15-16,18-19,21,23-32,37-38,41-42,46-49,53-55,60-61,64-65H,3-4,8,11,14,17,20,22,33-36,39-40,43-45H2,1-2H3,(H,67,68)(H,69,70)(H2,57,58,66)/b7-5-,10-9-,13-12-,16-15-,19-18-,25-21-,26-23-,28-27-,29-6-,30-24-,37-31+,38-32+/t46-,47+,48+,49+,53+,54+,55+/m0/s1. The quantitative estimate of drug-likeness (QED) is 0.0139. The third kappa shape index (κ3) is 33.8. The van der Waals surface area contributed by atoms with Gasteiger partial charge in [-0.15, -0.1) is 0 Å². The van der Waals surface area contributed by atoms with Crippen LogP contribution in [-0.2, 0) is 46.3 Å². The Kier molecular flexibility index (Phi) is 36.6. The van der Waals surface area contributed by atoms with Crippen LogP contribution in [-0.4, -0.2) is 108 Å². The molecule has 1 saturated heterocycles. The molecule has 2 heterocycles. The van der Waals surface area contributed by atoms with E-state index < -0.39 is 95.9 Å². The number of anilines is 1. The predicted molar refractivity (Wildman–Crippen MR) is 300 cm³/mol. The maximum atomic E-state index is 12.9. The van der Waals surface area contributed by atoms with Crippen molar-refractivity contribution in [3.05, 3.63) is 169 Å². The van der Waals surface area contributed by atoms with E-state index in [0.717, 1.165) is 49.3 Å². The third-order valence-electron chi connectivity index (χ3n) is 10.6. The summed E-state index contributed by atoms with van der Waals surface area (Å²) in [6, 6.07) is 1.23. The van der Waals surface area contributed by atoms with Crippen LogP contribution >= 0.6 is 15.6 Å². The van der Waals surface area contributed by atoms with Crippen molar-refractivity contribution in [2.24, 2.45) is 0 Å². The van der Waals surface area contributed by atoms with Gasteiger partial charge in [-0.1, -0.05) is 160 Å². The van der Waals surface area contributed by atoms with Crippen LogP contribution in [0.1, 0.15) is 110 Å². The van der Waals surface area contributed by atoms with Crippen LogP contribution in [0, 0.1) is 0 Å².